The fourth-order valence-electron chi connectivity index (χ4n) is 3.75. The average Bonchev–Trinajstić information content (AvgIpc) is 3.33. The Labute approximate surface area is 193 Å². The lowest BCUT2D eigenvalue weighted by Gasteiger charge is -2.10. The minimum absolute atomic E-state index is 0.0432. The number of hydrogen-bond donors (Lipinski definition) is 3. The molecule has 1 unspecified atom stereocenters. The molecule has 1 aliphatic heterocycles. The molecule has 9 heteroatoms. The third-order valence-electron chi connectivity index (χ3n) is 5.31. The summed E-state index contributed by atoms with van der Waals surface area (Å²) in [6.07, 6.45) is 1.01. The maximum Gasteiger partial charge on any atom is 0.242 e. The first kappa shape index (κ1) is 22.3. The van der Waals surface area contributed by atoms with Gasteiger partial charge in [0, 0.05) is 29.7 Å². The predicted molar refractivity (Wildman–Crippen MR) is 119 cm³/mol. The van der Waals surface area contributed by atoms with Gasteiger partial charge in [0.1, 0.15) is 17.7 Å². The van der Waals surface area contributed by atoms with Crippen LogP contribution in [0.4, 0.5) is 8.78 Å². The zero-order valence-corrected chi connectivity index (χ0v) is 18.3. The van der Waals surface area contributed by atoms with Crippen molar-refractivity contribution in [2.24, 2.45) is 0 Å². The second-order valence-electron chi connectivity index (χ2n) is 7.53. The molecule has 1 fully saturated rings. The number of carbonyl (C=O) groups is 2. The topological polar surface area (TPSA) is 74.0 Å². The van der Waals surface area contributed by atoms with Gasteiger partial charge in [0.2, 0.25) is 11.8 Å². The average molecular weight is 478 g/mol. The van der Waals surface area contributed by atoms with Crippen LogP contribution in [0.2, 0.25) is 10.0 Å². The second kappa shape index (κ2) is 9.30. The summed E-state index contributed by atoms with van der Waals surface area (Å²) in [4.78, 5) is 27.2. The van der Waals surface area contributed by atoms with Gasteiger partial charge < -0.3 is 15.6 Å². The summed E-state index contributed by atoms with van der Waals surface area (Å²) in [6, 6.07) is 10.0. The van der Waals surface area contributed by atoms with Crippen LogP contribution in [-0.4, -0.2) is 29.4 Å². The maximum absolute atomic E-state index is 14.5. The van der Waals surface area contributed by atoms with Gasteiger partial charge >= 0.3 is 0 Å². The molecular weight excluding hydrogens is 459 g/mol. The molecule has 32 heavy (non-hydrogen) atoms. The van der Waals surface area contributed by atoms with Gasteiger partial charge in [-0.05, 0) is 48.2 Å². The van der Waals surface area contributed by atoms with Gasteiger partial charge in [-0.15, -0.1) is 0 Å². The molecule has 0 bridgehead atoms. The fourth-order valence-corrected chi connectivity index (χ4v) is 4.17. The van der Waals surface area contributed by atoms with Crippen LogP contribution in [0, 0.1) is 11.6 Å². The molecule has 0 radical (unpaired) electrons. The maximum atomic E-state index is 14.5. The monoisotopic (exact) mass is 477 g/mol. The molecule has 0 aliphatic carbocycles. The number of nitrogens with one attached hydrogen (secondary N) is 3. The lowest BCUT2D eigenvalue weighted by Crippen LogP contribution is -2.40. The van der Waals surface area contributed by atoms with Gasteiger partial charge in [0.25, 0.3) is 0 Å². The standard InChI is InChI=1S/C23H19Cl2F2N3O2/c24-14-4-1-12(2-5-14)22-13(3-6-20(31)29-18-7-8-28-23(18)32)9-19(30-22)21-16(25)10-15(26)11-17(21)27/h1-2,4-5,9-11,18,30H,3,6-8H2,(H,28,32)(H,29,31). The molecule has 1 saturated heterocycles. The van der Waals surface area contributed by atoms with E-state index in [1.807, 2.05) is 0 Å². The van der Waals surface area contributed by atoms with E-state index in [0.29, 0.717) is 35.8 Å². The Morgan fingerprint density at radius 2 is 1.88 bits per heavy atom. The summed E-state index contributed by atoms with van der Waals surface area (Å²) >= 11 is 12.1. The molecule has 1 aromatic heterocycles. The second-order valence-corrected chi connectivity index (χ2v) is 8.38. The summed E-state index contributed by atoms with van der Waals surface area (Å²) in [5.74, 6) is -2.02. The van der Waals surface area contributed by atoms with Crippen molar-refractivity contribution in [3.05, 3.63) is 69.7 Å². The molecule has 1 atom stereocenters. The van der Waals surface area contributed by atoms with Crippen molar-refractivity contribution in [2.45, 2.75) is 25.3 Å². The van der Waals surface area contributed by atoms with Gasteiger partial charge in [-0.2, -0.15) is 0 Å². The number of H-pyrrole nitrogens is 1. The van der Waals surface area contributed by atoms with Crippen LogP contribution in [0.5, 0.6) is 0 Å². The van der Waals surface area contributed by atoms with E-state index in [2.05, 4.69) is 15.6 Å². The Morgan fingerprint density at radius 1 is 1.12 bits per heavy atom. The normalized spacial score (nSPS) is 15.6. The van der Waals surface area contributed by atoms with E-state index in [-0.39, 0.29) is 28.8 Å². The van der Waals surface area contributed by atoms with Gasteiger partial charge in [0.05, 0.1) is 16.3 Å². The third-order valence-corrected chi connectivity index (χ3v) is 5.86. The van der Waals surface area contributed by atoms with Crippen LogP contribution in [0.15, 0.2) is 42.5 Å². The zero-order chi connectivity index (χ0) is 22.8. The highest BCUT2D eigenvalue weighted by atomic mass is 35.5. The Bertz CT molecular complexity index is 1160. The Morgan fingerprint density at radius 3 is 2.53 bits per heavy atom. The number of rotatable bonds is 6. The number of aromatic amines is 1. The van der Waals surface area contributed by atoms with Crippen molar-refractivity contribution >= 4 is 35.0 Å². The zero-order valence-electron chi connectivity index (χ0n) is 16.8. The molecule has 2 amide bonds. The molecule has 4 rings (SSSR count). The van der Waals surface area contributed by atoms with Crippen LogP contribution in [-0.2, 0) is 16.0 Å². The van der Waals surface area contributed by atoms with Gasteiger partial charge in [-0.3, -0.25) is 9.59 Å². The molecule has 1 aliphatic rings. The number of halogens is 4. The Kier molecular flexibility index (Phi) is 6.48. The van der Waals surface area contributed by atoms with Crippen LogP contribution in [0.25, 0.3) is 22.5 Å². The molecule has 2 heterocycles. The molecule has 166 valence electrons. The number of amides is 2. The van der Waals surface area contributed by atoms with Crippen molar-refractivity contribution in [2.75, 3.05) is 6.54 Å². The van der Waals surface area contributed by atoms with Crippen LogP contribution in [0.1, 0.15) is 18.4 Å². The summed E-state index contributed by atoms with van der Waals surface area (Å²) < 4.78 is 28.0. The lowest BCUT2D eigenvalue weighted by atomic mass is 10.0. The molecule has 5 nitrogen and oxygen atoms in total. The first-order valence-electron chi connectivity index (χ1n) is 10.0. The molecule has 0 saturated carbocycles. The first-order valence-corrected chi connectivity index (χ1v) is 10.8. The molecule has 2 aromatic carbocycles. The summed E-state index contributed by atoms with van der Waals surface area (Å²) in [7, 11) is 0. The van der Waals surface area contributed by atoms with E-state index in [4.69, 9.17) is 23.2 Å². The molecule has 3 aromatic rings. The van der Waals surface area contributed by atoms with E-state index in [1.165, 1.54) is 0 Å². The summed E-state index contributed by atoms with van der Waals surface area (Å²) in [6.45, 7) is 0.537. The smallest absolute Gasteiger partial charge is 0.242 e. The minimum atomic E-state index is -0.796. The van der Waals surface area contributed by atoms with E-state index in [1.54, 1.807) is 30.3 Å². The molecule has 0 spiro atoms. The van der Waals surface area contributed by atoms with Crippen molar-refractivity contribution in [1.29, 1.82) is 0 Å². The first-order chi connectivity index (χ1) is 15.3. The number of carbonyl (C=O) groups excluding carboxylic acids is 2. The highest BCUT2D eigenvalue weighted by molar-refractivity contribution is 6.33. The summed E-state index contributed by atoms with van der Waals surface area (Å²) in [5, 5.41) is 5.90. The van der Waals surface area contributed by atoms with E-state index in [9.17, 15) is 18.4 Å². The van der Waals surface area contributed by atoms with Crippen molar-refractivity contribution < 1.29 is 18.4 Å². The molecule has 3 N–H and O–H groups in total. The third kappa shape index (κ3) is 4.79. The quantitative estimate of drug-likeness (QED) is 0.473. The van der Waals surface area contributed by atoms with Crippen molar-refractivity contribution in [1.82, 2.24) is 15.6 Å². The van der Waals surface area contributed by atoms with E-state index >= 15 is 0 Å². The van der Waals surface area contributed by atoms with Gasteiger partial charge in [-0.1, -0.05) is 35.3 Å². The lowest BCUT2D eigenvalue weighted by molar-refractivity contribution is -0.127. The van der Waals surface area contributed by atoms with Crippen LogP contribution in [0.3, 0.4) is 0 Å². The number of aromatic nitrogens is 1. The Hall–Kier alpha value is -2.90. The Balaban J connectivity index is 1.63. The van der Waals surface area contributed by atoms with E-state index < -0.39 is 17.7 Å². The SMILES string of the molecule is O=C(CCc1cc(-c2c(F)cc(F)cc2Cl)[nH]c1-c1ccc(Cl)cc1)NC1CCNC1=O. The number of benzene rings is 2. The molecular formula is C23H19Cl2F2N3O2. The van der Waals surface area contributed by atoms with Crippen LogP contribution < -0.4 is 10.6 Å². The summed E-state index contributed by atoms with van der Waals surface area (Å²) in [5.41, 5.74) is 2.60. The van der Waals surface area contributed by atoms with E-state index in [0.717, 1.165) is 23.3 Å². The predicted octanol–water partition coefficient (Wildman–Crippen LogP) is 4.87. The van der Waals surface area contributed by atoms with Crippen molar-refractivity contribution in [3.63, 3.8) is 0 Å². The number of hydrogen-bond acceptors (Lipinski definition) is 2. The van der Waals surface area contributed by atoms with Gasteiger partial charge in [-0.25, -0.2) is 8.78 Å². The highest BCUT2D eigenvalue weighted by Crippen LogP contribution is 2.35. The van der Waals surface area contributed by atoms with Crippen LogP contribution >= 0.6 is 23.2 Å². The number of aryl methyl sites for hydroxylation is 1. The fraction of sp³-hybridized carbons (Fsp3) is 0.217. The van der Waals surface area contributed by atoms with Gasteiger partial charge in [0.15, 0.2) is 0 Å². The minimum Gasteiger partial charge on any atom is -0.354 e. The van der Waals surface area contributed by atoms with Crippen molar-refractivity contribution in [3.8, 4) is 22.5 Å². The largest absolute Gasteiger partial charge is 0.354 e. The highest BCUT2D eigenvalue weighted by Gasteiger charge is 2.25.